The van der Waals surface area contributed by atoms with Crippen molar-refractivity contribution in [3.8, 4) is 0 Å². The number of aliphatic hydroxyl groups is 1. The quantitative estimate of drug-likeness (QED) is 0.908. The third kappa shape index (κ3) is 3.54. The number of hydrogen-bond donors (Lipinski definition) is 1. The zero-order valence-electron chi connectivity index (χ0n) is 12.2. The van der Waals surface area contributed by atoms with Crippen LogP contribution in [0.4, 0.5) is 5.69 Å². The van der Waals surface area contributed by atoms with E-state index in [1.54, 1.807) is 6.20 Å². The number of hydrogen-bond acceptors (Lipinski definition) is 4. The van der Waals surface area contributed by atoms with Crippen LogP contribution in [0, 0.1) is 6.92 Å². The Morgan fingerprint density at radius 3 is 2.65 bits per heavy atom. The summed E-state index contributed by atoms with van der Waals surface area (Å²) in [5.74, 6) is 0. The van der Waals surface area contributed by atoms with Crippen molar-refractivity contribution in [2.75, 3.05) is 11.9 Å². The number of rotatable bonds is 5. The lowest BCUT2D eigenvalue weighted by molar-refractivity contribution is 0.169. The van der Waals surface area contributed by atoms with Gasteiger partial charge in [0.05, 0.1) is 35.9 Å². The van der Waals surface area contributed by atoms with E-state index in [1.165, 1.54) is 0 Å². The summed E-state index contributed by atoms with van der Waals surface area (Å²) >= 11 is 0. The van der Waals surface area contributed by atoms with Gasteiger partial charge in [0.25, 0.3) is 0 Å². The van der Waals surface area contributed by atoms with Gasteiger partial charge >= 0.3 is 0 Å². The van der Waals surface area contributed by atoms with Crippen molar-refractivity contribution in [1.82, 2.24) is 9.97 Å². The Morgan fingerprint density at radius 1 is 1.25 bits per heavy atom. The standard InChI is InChI=1S/C16H21N3O/c1-4-16(20)15-9-8-14(10-17-15)19(3)11-13-7-5-6-12(2)18-13/h5-10,16,20H,4,11H2,1-3H3. The second kappa shape index (κ2) is 6.48. The Labute approximate surface area is 120 Å². The fraction of sp³-hybridized carbons (Fsp3) is 0.375. The van der Waals surface area contributed by atoms with Crippen LogP contribution in [0.25, 0.3) is 0 Å². The Balaban J connectivity index is 2.07. The highest BCUT2D eigenvalue weighted by molar-refractivity contribution is 5.44. The molecule has 0 saturated heterocycles. The first-order valence-corrected chi connectivity index (χ1v) is 6.88. The maximum Gasteiger partial charge on any atom is 0.0957 e. The predicted molar refractivity (Wildman–Crippen MR) is 80.6 cm³/mol. The van der Waals surface area contributed by atoms with Gasteiger partial charge in [0.1, 0.15) is 0 Å². The molecule has 2 aromatic rings. The number of aromatic nitrogens is 2. The van der Waals surface area contributed by atoms with Crippen LogP contribution in [0.2, 0.25) is 0 Å². The summed E-state index contributed by atoms with van der Waals surface area (Å²) in [5.41, 5.74) is 3.79. The summed E-state index contributed by atoms with van der Waals surface area (Å²) in [6.45, 7) is 4.67. The number of aliphatic hydroxyl groups excluding tert-OH is 1. The average molecular weight is 271 g/mol. The molecule has 1 atom stereocenters. The molecule has 0 amide bonds. The van der Waals surface area contributed by atoms with E-state index >= 15 is 0 Å². The van der Waals surface area contributed by atoms with Gasteiger partial charge in [-0.15, -0.1) is 0 Å². The van der Waals surface area contributed by atoms with Crippen LogP contribution in [0.15, 0.2) is 36.5 Å². The first-order valence-electron chi connectivity index (χ1n) is 6.88. The van der Waals surface area contributed by atoms with Crippen LogP contribution < -0.4 is 4.90 Å². The predicted octanol–water partition coefficient (Wildman–Crippen LogP) is 2.86. The molecule has 20 heavy (non-hydrogen) atoms. The van der Waals surface area contributed by atoms with E-state index in [1.807, 2.05) is 51.2 Å². The minimum absolute atomic E-state index is 0.479. The van der Waals surface area contributed by atoms with Crippen molar-refractivity contribution in [3.63, 3.8) is 0 Å². The highest BCUT2D eigenvalue weighted by Crippen LogP contribution is 2.18. The lowest BCUT2D eigenvalue weighted by Gasteiger charge is -2.19. The Hall–Kier alpha value is -1.94. The molecule has 0 bridgehead atoms. The topological polar surface area (TPSA) is 49.2 Å². The molecule has 0 radical (unpaired) electrons. The van der Waals surface area contributed by atoms with Crippen LogP contribution in [0.3, 0.4) is 0 Å². The molecule has 4 heteroatoms. The third-order valence-electron chi connectivity index (χ3n) is 3.28. The molecule has 0 aliphatic rings. The summed E-state index contributed by atoms with van der Waals surface area (Å²) in [4.78, 5) is 10.9. The van der Waals surface area contributed by atoms with Gasteiger partial charge in [0.15, 0.2) is 0 Å². The molecule has 2 heterocycles. The van der Waals surface area contributed by atoms with Crippen molar-refractivity contribution >= 4 is 5.69 Å². The minimum Gasteiger partial charge on any atom is -0.387 e. The van der Waals surface area contributed by atoms with Crippen LogP contribution in [0.1, 0.15) is 36.5 Å². The average Bonchev–Trinajstić information content (AvgIpc) is 2.46. The van der Waals surface area contributed by atoms with Gasteiger partial charge in [-0.05, 0) is 37.6 Å². The Bertz CT molecular complexity index is 554. The smallest absolute Gasteiger partial charge is 0.0957 e. The summed E-state index contributed by atoms with van der Waals surface area (Å²) in [7, 11) is 2.01. The van der Waals surface area contributed by atoms with Gasteiger partial charge in [-0.3, -0.25) is 9.97 Å². The fourth-order valence-electron chi connectivity index (χ4n) is 2.05. The van der Waals surface area contributed by atoms with Crippen LogP contribution in [-0.2, 0) is 6.54 Å². The lowest BCUT2D eigenvalue weighted by Crippen LogP contribution is -2.17. The molecule has 0 spiro atoms. The SMILES string of the molecule is CCC(O)c1ccc(N(C)Cc2cccc(C)n2)cn1. The number of aryl methyl sites for hydroxylation is 1. The molecular formula is C16H21N3O. The molecule has 106 valence electrons. The van der Waals surface area contributed by atoms with E-state index in [9.17, 15) is 5.11 Å². The van der Waals surface area contributed by atoms with E-state index in [4.69, 9.17) is 0 Å². The van der Waals surface area contributed by atoms with Gasteiger partial charge < -0.3 is 10.0 Å². The zero-order chi connectivity index (χ0) is 14.5. The number of pyridine rings is 2. The van der Waals surface area contributed by atoms with Gasteiger partial charge in [0, 0.05) is 12.7 Å². The molecule has 2 aromatic heterocycles. The number of anilines is 1. The maximum absolute atomic E-state index is 9.74. The van der Waals surface area contributed by atoms with Crippen molar-refractivity contribution in [2.24, 2.45) is 0 Å². The van der Waals surface area contributed by atoms with Crippen molar-refractivity contribution in [1.29, 1.82) is 0 Å². The molecule has 1 unspecified atom stereocenters. The third-order valence-corrected chi connectivity index (χ3v) is 3.28. The Kier molecular flexibility index (Phi) is 4.69. The molecule has 0 aromatic carbocycles. The fourth-order valence-corrected chi connectivity index (χ4v) is 2.05. The molecular weight excluding hydrogens is 250 g/mol. The molecule has 0 fully saturated rings. The van der Waals surface area contributed by atoms with Gasteiger partial charge in [-0.1, -0.05) is 13.0 Å². The number of nitrogens with zero attached hydrogens (tertiary/aromatic N) is 3. The van der Waals surface area contributed by atoms with Crippen molar-refractivity contribution < 1.29 is 5.11 Å². The Morgan fingerprint density at radius 2 is 2.05 bits per heavy atom. The second-order valence-electron chi connectivity index (χ2n) is 4.99. The summed E-state index contributed by atoms with van der Waals surface area (Å²) < 4.78 is 0. The van der Waals surface area contributed by atoms with Crippen LogP contribution in [-0.4, -0.2) is 22.1 Å². The summed E-state index contributed by atoms with van der Waals surface area (Å²) in [5, 5.41) is 9.74. The van der Waals surface area contributed by atoms with E-state index in [0.717, 1.165) is 29.3 Å². The van der Waals surface area contributed by atoms with E-state index in [0.29, 0.717) is 6.42 Å². The summed E-state index contributed by atoms with van der Waals surface area (Å²) in [6.07, 6.45) is 1.99. The first kappa shape index (κ1) is 14.5. The minimum atomic E-state index is -0.479. The first-order chi connectivity index (χ1) is 9.60. The monoisotopic (exact) mass is 271 g/mol. The highest BCUT2D eigenvalue weighted by Gasteiger charge is 2.08. The molecule has 0 aliphatic heterocycles. The molecule has 4 nitrogen and oxygen atoms in total. The highest BCUT2D eigenvalue weighted by atomic mass is 16.3. The van der Waals surface area contributed by atoms with E-state index in [-0.39, 0.29) is 0 Å². The van der Waals surface area contributed by atoms with E-state index in [2.05, 4.69) is 14.9 Å². The summed E-state index contributed by atoms with van der Waals surface area (Å²) in [6, 6.07) is 9.89. The van der Waals surface area contributed by atoms with Crippen LogP contribution >= 0.6 is 0 Å². The maximum atomic E-state index is 9.74. The second-order valence-corrected chi connectivity index (χ2v) is 4.99. The molecule has 0 saturated carbocycles. The zero-order valence-corrected chi connectivity index (χ0v) is 12.2. The van der Waals surface area contributed by atoms with Gasteiger partial charge in [0.2, 0.25) is 0 Å². The van der Waals surface area contributed by atoms with Crippen molar-refractivity contribution in [2.45, 2.75) is 32.9 Å². The van der Waals surface area contributed by atoms with Gasteiger partial charge in [-0.25, -0.2) is 0 Å². The van der Waals surface area contributed by atoms with E-state index < -0.39 is 6.10 Å². The molecule has 2 rings (SSSR count). The normalized spacial score (nSPS) is 12.2. The lowest BCUT2D eigenvalue weighted by atomic mass is 10.2. The van der Waals surface area contributed by atoms with Crippen LogP contribution in [0.5, 0.6) is 0 Å². The molecule has 0 aliphatic carbocycles. The largest absolute Gasteiger partial charge is 0.387 e. The van der Waals surface area contributed by atoms with Crippen molar-refractivity contribution in [3.05, 3.63) is 53.6 Å². The molecule has 1 N–H and O–H groups in total. The van der Waals surface area contributed by atoms with Gasteiger partial charge in [-0.2, -0.15) is 0 Å².